The molecule has 0 fully saturated rings. The Kier molecular flexibility index (Phi) is 4.48. The first-order chi connectivity index (χ1) is 10.0. The molecule has 0 aromatic heterocycles. The van der Waals surface area contributed by atoms with Gasteiger partial charge in [-0.3, -0.25) is 4.79 Å². The average molecular weight is 284 g/mol. The molecule has 0 unspecified atom stereocenters. The van der Waals surface area contributed by atoms with E-state index in [1.807, 2.05) is 39.0 Å². The molecule has 21 heavy (non-hydrogen) atoms. The highest BCUT2D eigenvalue weighted by atomic mass is 16.5. The van der Waals surface area contributed by atoms with Gasteiger partial charge in [0.25, 0.3) is 5.91 Å². The lowest BCUT2D eigenvalue weighted by molar-refractivity contribution is 0.102. The van der Waals surface area contributed by atoms with Crippen LogP contribution >= 0.6 is 0 Å². The van der Waals surface area contributed by atoms with E-state index in [0.717, 1.165) is 22.6 Å². The van der Waals surface area contributed by atoms with Crippen LogP contribution < -0.4 is 15.8 Å². The number of nitrogens with one attached hydrogen (secondary N) is 1. The molecule has 2 rings (SSSR count). The molecule has 0 aliphatic rings. The van der Waals surface area contributed by atoms with Crippen LogP contribution in [0.2, 0.25) is 0 Å². The standard InChI is InChI=1S/C17H20N2O2/c1-4-21-13-8-9-16(11(2)10-13)19-17(20)14-6-5-7-15(18)12(14)3/h5-10H,4,18H2,1-3H3,(H,19,20). The first-order valence-corrected chi connectivity index (χ1v) is 6.92. The average Bonchev–Trinajstić information content (AvgIpc) is 2.45. The van der Waals surface area contributed by atoms with Gasteiger partial charge in [-0.15, -0.1) is 0 Å². The summed E-state index contributed by atoms with van der Waals surface area (Å²) >= 11 is 0. The van der Waals surface area contributed by atoms with Gasteiger partial charge in [0, 0.05) is 16.9 Å². The Hall–Kier alpha value is -2.49. The van der Waals surface area contributed by atoms with Crippen LogP contribution in [0, 0.1) is 13.8 Å². The molecule has 4 heteroatoms. The third-order valence-corrected chi connectivity index (χ3v) is 3.38. The number of nitrogens with two attached hydrogens (primary N) is 1. The summed E-state index contributed by atoms with van der Waals surface area (Å²) in [7, 11) is 0. The minimum absolute atomic E-state index is 0.160. The fraction of sp³-hybridized carbons (Fsp3) is 0.235. The van der Waals surface area contributed by atoms with Crippen LogP contribution in [0.4, 0.5) is 11.4 Å². The van der Waals surface area contributed by atoms with E-state index in [-0.39, 0.29) is 5.91 Å². The second-order valence-corrected chi connectivity index (χ2v) is 4.88. The number of benzene rings is 2. The van der Waals surface area contributed by atoms with Gasteiger partial charge in [-0.1, -0.05) is 6.07 Å². The lowest BCUT2D eigenvalue weighted by Crippen LogP contribution is -2.15. The topological polar surface area (TPSA) is 64.3 Å². The van der Waals surface area contributed by atoms with Crippen molar-refractivity contribution in [3.63, 3.8) is 0 Å². The Morgan fingerprint density at radius 3 is 2.67 bits per heavy atom. The van der Waals surface area contributed by atoms with Crippen molar-refractivity contribution in [2.75, 3.05) is 17.7 Å². The Labute approximate surface area is 124 Å². The highest BCUT2D eigenvalue weighted by Gasteiger charge is 2.12. The van der Waals surface area contributed by atoms with E-state index in [1.54, 1.807) is 18.2 Å². The van der Waals surface area contributed by atoms with E-state index in [0.29, 0.717) is 17.9 Å². The molecular weight excluding hydrogens is 264 g/mol. The van der Waals surface area contributed by atoms with Crippen molar-refractivity contribution in [1.29, 1.82) is 0 Å². The minimum atomic E-state index is -0.160. The van der Waals surface area contributed by atoms with Gasteiger partial charge in [0.1, 0.15) is 5.75 Å². The number of aryl methyl sites for hydroxylation is 1. The van der Waals surface area contributed by atoms with Gasteiger partial charge < -0.3 is 15.8 Å². The van der Waals surface area contributed by atoms with Crippen LogP contribution in [0.3, 0.4) is 0 Å². The van der Waals surface area contributed by atoms with E-state index in [1.165, 1.54) is 0 Å². The van der Waals surface area contributed by atoms with Crippen molar-refractivity contribution < 1.29 is 9.53 Å². The SMILES string of the molecule is CCOc1ccc(NC(=O)c2cccc(N)c2C)c(C)c1. The van der Waals surface area contributed by atoms with Gasteiger partial charge in [-0.2, -0.15) is 0 Å². The van der Waals surface area contributed by atoms with Crippen LogP contribution in [0.25, 0.3) is 0 Å². The zero-order valence-electron chi connectivity index (χ0n) is 12.6. The Bertz CT molecular complexity index is 666. The smallest absolute Gasteiger partial charge is 0.256 e. The van der Waals surface area contributed by atoms with Crippen molar-refractivity contribution in [3.8, 4) is 5.75 Å². The molecule has 3 N–H and O–H groups in total. The Balaban J connectivity index is 2.22. The molecule has 0 spiro atoms. The highest BCUT2D eigenvalue weighted by molar-refractivity contribution is 6.06. The van der Waals surface area contributed by atoms with E-state index < -0.39 is 0 Å². The largest absolute Gasteiger partial charge is 0.494 e. The maximum absolute atomic E-state index is 12.4. The number of carbonyl (C=O) groups excluding carboxylic acids is 1. The summed E-state index contributed by atoms with van der Waals surface area (Å²) in [6.45, 7) is 6.33. The van der Waals surface area contributed by atoms with Gasteiger partial charge in [0.05, 0.1) is 6.61 Å². The number of hydrogen-bond acceptors (Lipinski definition) is 3. The number of rotatable bonds is 4. The molecule has 0 radical (unpaired) electrons. The molecule has 4 nitrogen and oxygen atoms in total. The van der Waals surface area contributed by atoms with Crippen molar-refractivity contribution in [3.05, 3.63) is 53.1 Å². The number of hydrogen-bond donors (Lipinski definition) is 2. The zero-order chi connectivity index (χ0) is 15.4. The normalized spacial score (nSPS) is 10.2. The second kappa shape index (κ2) is 6.31. The highest BCUT2D eigenvalue weighted by Crippen LogP contribution is 2.23. The zero-order valence-corrected chi connectivity index (χ0v) is 12.6. The van der Waals surface area contributed by atoms with Crippen molar-refractivity contribution >= 4 is 17.3 Å². The molecule has 0 bridgehead atoms. The van der Waals surface area contributed by atoms with Crippen LogP contribution in [-0.2, 0) is 0 Å². The summed E-state index contributed by atoms with van der Waals surface area (Å²) in [5.41, 5.74) is 9.56. The molecular formula is C17H20N2O2. The van der Waals surface area contributed by atoms with E-state index in [9.17, 15) is 4.79 Å². The third-order valence-electron chi connectivity index (χ3n) is 3.38. The van der Waals surface area contributed by atoms with Crippen LogP contribution in [-0.4, -0.2) is 12.5 Å². The summed E-state index contributed by atoms with van der Waals surface area (Å²) in [4.78, 5) is 12.4. The van der Waals surface area contributed by atoms with Crippen molar-refractivity contribution in [1.82, 2.24) is 0 Å². The quantitative estimate of drug-likeness (QED) is 0.844. The molecule has 0 atom stereocenters. The van der Waals surface area contributed by atoms with Gasteiger partial charge in [0.2, 0.25) is 0 Å². The maximum atomic E-state index is 12.4. The first kappa shape index (κ1) is 14.9. The van der Waals surface area contributed by atoms with E-state index in [2.05, 4.69) is 5.32 Å². The van der Waals surface area contributed by atoms with Crippen LogP contribution in [0.1, 0.15) is 28.4 Å². The van der Waals surface area contributed by atoms with E-state index in [4.69, 9.17) is 10.5 Å². The van der Waals surface area contributed by atoms with Crippen LogP contribution in [0.15, 0.2) is 36.4 Å². The van der Waals surface area contributed by atoms with E-state index >= 15 is 0 Å². The lowest BCUT2D eigenvalue weighted by atomic mass is 10.1. The fourth-order valence-corrected chi connectivity index (χ4v) is 2.12. The number of nitrogen functional groups attached to an aromatic ring is 1. The maximum Gasteiger partial charge on any atom is 0.256 e. The van der Waals surface area contributed by atoms with Gasteiger partial charge in [-0.05, 0) is 62.2 Å². The number of ether oxygens (including phenoxy) is 1. The van der Waals surface area contributed by atoms with Crippen molar-refractivity contribution in [2.45, 2.75) is 20.8 Å². The summed E-state index contributed by atoms with van der Waals surface area (Å²) < 4.78 is 5.44. The molecule has 0 saturated heterocycles. The summed E-state index contributed by atoms with van der Waals surface area (Å²) in [5.74, 6) is 0.639. The summed E-state index contributed by atoms with van der Waals surface area (Å²) in [5, 5.41) is 2.91. The lowest BCUT2D eigenvalue weighted by Gasteiger charge is -2.12. The summed E-state index contributed by atoms with van der Waals surface area (Å²) in [6.07, 6.45) is 0. The Morgan fingerprint density at radius 2 is 2.00 bits per heavy atom. The molecule has 0 heterocycles. The second-order valence-electron chi connectivity index (χ2n) is 4.88. The summed E-state index contributed by atoms with van der Waals surface area (Å²) in [6, 6.07) is 10.9. The number of amides is 1. The molecule has 0 aliphatic heterocycles. The van der Waals surface area contributed by atoms with Crippen LogP contribution in [0.5, 0.6) is 5.75 Å². The molecule has 110 valence electrons. The van der Waals surface area contributed by atoms with Gasteiger partial charge in [0.15, 0.2) is 0 Å². The van der Waals surface area contributed by atoms with Gasteiger partial charge in [-0.25, -0.2) is 0 Å². The molecule has 1 amide bonds. The number of carbonyl (C=O) groups is 1. The molecule has 2 aromatic rings. The minimum Gasteiger partial charge on any atom is -0.494 e. The molecule has 0 saturated carbocycles. The van der Waals surface area contributed by atoms with Crippen molar-refractivity contribution in [2.24, 2.45) is 0 Å². The Morgan fingerprint density at radius 1 is 1.24 bits per heavy atom. The molecule has 0 aliphatic carbocycles. The monoisotopic (exact) mass is 284 g/mol. The molecule has 2 aromatic carbocycles. The predicted octanol–water partition coefficient (Wildman–Crippen LogP) is 3.54. The third kappa shape index (κ3) is 3.34. The number of anilines is 2. The predicted molar refractivity (Wildman–Crippen MR) is 85.9 cm³/mol. The fourth-order valence-electron chi connectivity index (χ4n) is 2.12. The first-order valence-electron chi connectivity index (χ1n) is 6.92. The van der Waals surface area contributed by atoms with Gasteiger partial charge >= 0.3 is 0 Å².